The van der Waals surface area contributed by atoms with E-state index in [0.717, 1.165) is 15.6 Å². The Hall–Kier alpha value is -3.19. The van der Waals surface area contributed by atoms with Crippen molar-refractivity contribution in [3.8, 4) is 0 Å². The maximum atomic E-state index is 12.1. The molecule has 2 N–H and O–H groups in total. The first-order valence-corrected chi connectivity index (χ1v) is 9.84. The van der Waals surface area contributed by atoms with Gasteiger partial charge in [0.05, 0.1) is 13.1 Å². The van der Waals surface area contributed by atoms with Crippen LogP contribution in [-0.4, -0.2) is 22.9 Å². The molecule has 0 bridgehead atoms. The Morgan fingerprint density at radius 1 is 0.897 bits per heavy atom. The van der Waals surface area contributed by atoms with Gasteiger partial charge in [0.15, 0.2) is 0 Å². The zero-order chi connectivity index (χ0) is 20.6. The predicted octanol–water partition coefficient (Wildman–Crippen LogP) is 2.71. The van der Waals surface area contributed by atoms with Crippen molar-refractivity contribution < 1.29 is 9.59 Å². The van der Waals surface area contributed by atoms with Crippen molar-refractivity contribution in [2.75, 3.05) is 6.54 Å². The van der Waals surface area contributed by atoms with Gasteiger partial charge in [-0.15, -0.1) is 0 Å². The second kappa shape index (κ2) is 9.84. The summed E-state index contributed by atoms with van der Waals surface area (Å²) in [5, 5.41) is 5.38. The van der Waals surface area contributed by atoms with Crippen molar-refractivity contribution >= 4 is 27.7 Å². The third-order valence-electron chi connectivity index (χ3n) is 4.26. The monoisotopic (exact) mass is 453 g/mol. The van der Waals surface area contributed by atoms with E-state index in [2.05, 4.69) is 26.6 Å². The van der Waals surface area contributed by atoms with Crippen molar-refractivity contribution in [1.29, 1.82) is 0 Å². The van der Waals surface area contributed by atoms with Gasteiger partial charge < -0.3 is 15.2 Å². The van der Waals surface area contributed by atoms with Crippen molar-refractivity contribution in [3.05, 3.63) is 104 Å². The summed E-state index contributed by atoms with van der Waals surface area (Å²) in [6.07, 6.45) is 1.75. The van der Waals surface area contributed by atoms with Gasteiger partial charge in [-0.3, -0.25) is 14.4 Å². The van der Waals surface area contributed by atoms with Crippen molar-refractivity contribution in [1.82, 2.24) is 15.2 Å². The van der Waals surface area contributed by atoms with E-state index < -0.39 is 0 Å². The number of benzene rings is 2. The molecule has 0 radical (unpaired) electrons. The number of rotatable bonds is 7. The molecule has 1 heterocycles. The van der Waals surface area contributed by atoms with E-state index >= 15 is 0 Å². The first kappa shape index (κ1) is 20.5. The molecule has 0 atom stereocenters. The molecule has 0 aliphatic rings. The Bertz CT molecular complexity index is 1060. The van der Waals surface area contributed by atoms with E-state index in [0.29, 0.717) is 18.7 Å². The first-order valence-electron chi connectivity index (χ1n) is 9.05. The quantitative estimate of drug-likeness (QED) is 0.576. The van der Waals surface area contributed by atoms with Crippen LogP contribution in [0.15, 0.2) is 82.2 Å². The van der Waals surface area contributed by atoms with Gasteiger partial charge in [0.2, 0.25) is 5.91 Å². The summed E-state index contributed by atoms with van der Waals surface area (Å²) in [6.45, 7) is 0.755. The Kier molecular flexibility index (Phi) is 6.97. The molecular formula is C22H20BrN3O3. The van der Waals surface area contributed by atoms with Crippen LogP contribution >= 0.6 is 15.9 Å². The topological polar surface area (TPSA) is 80.2 Å². The van der Waals surface area contributed by atoms with Crippen LogP contribution < -0.4 is 16.2 Å². The van der Waals surface area contributed by atoms with Gasteiger partial charge in [-0.25, -0.2) is 0 Å². The Morgan fingerprint density at radius 2 is 1.66 bits per heavy atom. The first-order chi connectivity index (χ1) is 14.0. The number of halogens is 1. The zero-order valence-corrected chi connectivity index (χ0v) is 17.2. The maximum Gasteiger partial charge on any atom is 0.251 e. The van der Waals surface area contributed by atoms with Crippen molar-refractivity contribution in [3.63, 3.8) is 0 Å². The van der Waals surface area contributed by atoms with E-state index in [1.165, 1.54) is 6.07 Å². The molecular weight excluding hydrogens is 434 g/mol. The fraction of sp³-hybridized carbons (Fsp3) is 0.136. The normalized spacial score (nSPS) is 10.4. The SMILES string of the molecule is O=C(CNC(=O)c1cccc(Br)c1)NCc1ccc(Cn2ccccc2=O)cc1. The molecule has 3 rings (SSSR count). The third kappa shape index (κ3) is 6.15. The zero-order valence-electron chi connectivity index (χ0n) is 15.6. The minimum atomic E-state index is -0.304. The molecule has 1 aromatic heterocycles. The third-order valence-corrected chi connectivity index (χ3v) is 4.75. The highest BCUT2D eigenvalue weighted by Gasteiger charge is 2.08. The van der Waals surface area contributed by atoms with E-state index in [1.54, 1.807) is 35.0 Å². The number of amides is 2. The summed E-state index contributed by atoms with van der Waals surface area (Å²) in [4.78, 5) is 35.8. The molecule has 29 heavy (non-hydrogen) atoms. The summed E-state index contributed by atoms with van der Waals surface area (Å²) in [5.41, 5.74) is 2.37. The highest BCUT2D eigenvalue weighted by atomic mass is 79.9. The lowest BCUT2D eigenvalue weighted by Gasteiger charge is -2.09. The minimum Gasteiger partial charge on any atom is -0.350 e. The number of hydrogen-bond acceptors (Lipinski definition) is 3. The summed E-state index contributed by atoms with van der Waals surface area (Å²) >= 11 is 3.31. The van der Waals surface area contributed by atoms with Crippen LogP contribution in [0.5, 0.6) is 0 Å². The van der Waals surface area contributed by atoms with Gasteiger partial charge in [0.1, 0.15) is 0 Å². The van der Waals surface area contributed by atoms with Crippen LogP contribution in [0.2, 0.25) is 0 Å². The van der Waals surface area contributed by atoms with Crippen LogP contribution in [0.1, 0.15) is 21.5 Å². The van der Waals surface area contributed by atoms with Gasteiger partial charge in [-0.1, -0.05) is 52.3 Å². The fourth-order valence-corrected chi connectivity index (χ4v) is 3.11. The number of aromatic nitrogens is 1. The lowest BCUT2D eigenvalue weighted by molar-refractivity contribution is -0.120. The van der Waals surface area contributed by atoms with E-state index in [9.17, 15) is 14.4 Å². The van der Waals surface area contributed by atoms with Crippen LogP contribution in [-0.2, 0) is 17.9 Å². The number of nitrogens with zero attached hydrogens (tertiary/aromatic N) is 1. The van der Waals surface area contributed by atoms with Gasteiger partial charge in [-0.2, -0.15) is 0 Å². The van der Waals surface area contributed by atoms with Crippen LogP contribution in [0.3, 0.4) is 0 Å². The average molecular weight is 454 g/mol. The maximum absolute atomic E-state index is 12.1. The van der Waals surface area contributed by atoms with Gasteiger partial charge in [0.25, 0.3) is 11.5 Å². The molecule has 0 saturated carbocycles. The Balaban J connectivity index is 1.46. The average Bonchev–Trinajstić information content (AvgIpc) is 2.73. The Morgan fingerprint density at radius 3 is 2.38 bits per heavy atom. The van der Waals surface area contributed by atoms with Gasteiger partial charge >= 0.3 is 0 Å². The van der Waals surface area contributed by atoms with Gasteiger partial charge in [0, 0.05) is 28.8 Å². The molecule has 0 fully saturated rings. The van der Waals surface area contributed by atoms with Crippen LogP contribution in [0, 0.1) is 0 Å². The Labute approximate surface area is 176 Å². The molecule has 2 aromatic carbocycles. The smallest absolute Gasteiger partial charge is 0.251 e. The minimum absolute atomic E-state index is 0.0475. The molecule has 148 valence electrons. The highest BCUT2D eigenvalue weighted by molar-refractivity contribution is 9.10. The molecule has 0 aliphatic heterocycles. The standard InChI is InChI=1S/C22H20BrN3O3/c23-19-5-3-4-18(12-19)22(29)25-14-20(27)24-13-16-7-9-17(10-8-16)15-26-11-2-1-6-21(26)28/h1-12H,13-15H2,(H,24,27)(H,25,29). The summed E-state index contributed by atoms with van der Waals surface area (Å²) in [6, 6.07) is 19.7. The number of pyridine rings is 1. The molecule has 0 unspecified atom stereocenters. The molecule has 6 nitrogen and oxygen atoms in total. The van der Waals surface area contributed by atoms with Gasteiger partial charge in [-0.05, 0) is 35.4 Å². The van der Waals surface area contributed by atoms with Crippen molar-refractivity contribution in [2.24, 2.45) is 0 Å². The van der Waals surface area contributed by atoms with E-state index in [-0.39, 0.29) is 23.9 Å². The highest BCUT2D eigenvalue weighted by Crippen LogP contribution is 2.11. The summed E-state index contributed by atoms with van der Waals surface area (Å²) in [5.74, 6) is -0.574. The van der Waals surface area contributed by atoms with E-state index in [1.807, 2.05) is 36.4 Å². The molecule has 7 heteroatoms. The largest absolute Gasteiger partial charge is 0.350 e. The number of carbonyl (C=O) groups is 2. The van der Waals surface area contributed by atoms with E-state index in [4.69, 9.17) is 0 Å². The lowest BCUT2D eigenvalue weighted by atomic mass is 10.1. The number of nitrogens with one attached hydrogen (secondary N) is 2. The van der Waals surface area contributed by atoms with Crippen molar-refractivity contribution in [2.45, 2.75) is 13.1 Å². The van der Waals surface area contributed by atoms with Crippen LogP contribution in [0.25, 0.3) is 0 Å². The second-order valence-corrected chi connectivity index (χ2v) is 7.37. The summed E-state index contributed by atoms with van der Waals surface area (Å²) in [7, 11) is 0. The number of carbonyl (C=O) groups excluding carboxylic acids is 2. The molecule has 3 aromatic rings. The predicted molar refractivity (Wildman–Crippen MR) is 115 cm³/mol. The second-order valence-electron chi connectivity index (χ2n) is 6.45. The van der Waals surface area contributed by atoms with Crippen LogP contribution in [0.4, 0.5) is 0 Å². The molecule has 2 amide bonds. The fourth-order valence-electron chi connectivity index (χ4n) is 2.71. The molecule has 0 aliphatic carbocycles. The molecule has 0 spiro atoms. The summed E-state index contributed by atoms with van der Waals surface area (Å²) < 4.78 is 2.43. The number of hydrogen-bond donors (Lipinski definition) is 2. The lowest BCUT2D eigenvalue weighted by Crippen LogP contribution is -2.36. The molecule has 0 saturated heterocycles.